The summed E-state index contributed by atoms with van der Waals surface area (Å²) in [6, 6.07) is 3.81. The van der Waals surface area contributed by atoms with Crippen molar-refractivity contribution < 1.29 is 8.78 Å². The second kappa shape index (κ2) is 5.94. The van der Waals surface area contributed by atoms with Gasteiger partial charge in [0.2, 0.25) is 0 Å². The number of halogens is 2. The van der Waals surface area contributed by atoms with Gasteiger partial charge < -0.3 is 5.32 Å². The molecule has 0 amide bonds. The Hall–Kier alpha value is -2.04. The summed E-state index contributed by atoms with van der Waals surface area (Å²) in [5.41, 5.74) is 0.848. The topological polar surface area (TPSA) is 37.8 Å². The van der Waals surface area contributed by atoms with Crippen LogP contribution in [0.15, 0.2) is 18.2 Å². The molecule has 5 heteroatoms. The molecule has 2 aromatic rings. The lowest BCUT2D eigenvalue weighted by molar-refractivity contribution is 0.588. The largest absolute Gasteiger partial charge is 0.373 e. The van der Waals surface area contributed by atoms with Crippen LogP contribution in [-0.2, 0) is 6.42 Å². The van der Waals surface area contributed by atoms with Gasteiger partial charge in [-0.25, -0.2) is 18.7 Å². The molecule has 0 atom stereocenters. The van der Waals surface area contributed by atoms with Gasteiger partial charge >= 0.3 is 0 Å². The summed E-state index contributed by atoms with van der Waals surface area (Å²) in [6.07, 6.45) is 1.53. The van der Waals surface area contributed by atoms with Crippen LogP contribution < -0.4 is 5.32 Å². The van der Waals surface area contributed by atoms with Gasteiger partial charge in [0.05, 0.1) is 11.3 Å². The molecule has 3 nitrogen and oxygen atoms in total. The van der Waals surface area contributed by atoms with Crippen molar-refractivity contribution in [1.29, 1.82) is 0 Å². The molecule has 2 rings (SSSR count). The zero-order valence-corrected chi connectivity index (χ0v) is 11.8. The van der Waals surface area contributed by atoms with Crippen LogP contribution in [0.3, 0.4) is 0 Å². The third kappa shape index (κ3) is 2.61. The van der Waals surface area contributed by atoms with Crippen LogP contribution in [0.1, 0.15) is 24.7 Å². The van der Waals surface area contributed by atoms with Crippen molar-refractivity contribution in [3.05, 3.63) is 41.2 Å². The van der Waals surface area contributed by atoms with Crippen LogP contribution in [0.25, 0.3) is 11.3 Å². The van der Waals surface area contributed by atoms with Crippen molar-refractivity contribution in [2.45, 2.75) is 26.7 Å². The number of hydrogen-bond donors (Lipinski definition) is 1. The minimum atomic E-state index is -0.615. The monoisotopic (exact) mass is 277 g/mol. The third-order valence-electron chi connectivity index (χ3n) is 3.10. The van der Waals surface area contributed by atoms with Gasteiger partial charge in [0, 0.05) is 19.0 Å². The number of anilines is 1. The molecule has 106 valence electrons. The zero-order chi connectivity index (χ0) is 14.7. The van der Waals surface area contributed by atoms with E-state index in [1.165, 1.54) is 18.2 Å². The minimum absolute atomic E-state index is 0.0961. The summed E-state index contributed by atoms with van der Waals surface area (Å²) in [4.78, 5) is 8.69. The molecule has 0 unspecified atom stereocenters. The number of nitrogens with zero attached hydrogens (tertiary/aromatic N) is 2. The lowest BCUT2D eigenvalue weighted by Crippen LogP contribution is -2.06. The molecule has 0 aliphatic carbocycles. The van der Waals surface area contributed by atoms with E-state index >= 15 is 0 Å². The number of aromatic nitrogens is 2. The summed E-state index contributed by atoms with van der Waals surface area (Å²) in [7, 11) is 1.73. The van der Waals surface area contributed by atoms with E-state index < -0.39 is 11.6 Å². The van der Waals surface area contributed by atoms with E-state index in [1.807, 2.05) is 6.92 Å². The zero-order valence-electron chi connectivity index (χ0n) is 11.8. The molecule has 0 fully saturated rings. The smallest absolute Gasteiger partial charge is 0.135 e. The van der Waals surface area contributed by atoms with Crippen molar-refractivity contribution >= 4 is 5.82 Å². The quantitative estimate of drug-likeness (QED) is 0.925. The van der Waals surface area contributed by atoms with Gasteiger partial charge in [-0.05, 0) is 25.5 Å². The first-order valence-corrected chi connectivity index (χ1v) is 6.58. The van der Waals surface area contributed by atoms with Crippen molar-refractivity contribution in [2.24, 2.45) is 0 Å². The molecule has 0 spiro atoms. The molecular weight excluding hydrogens is 260 g/mol. The highest BCUT2D eigenvalue weighted by Crippen LogP contribution is 2.30. The molecule has 1 aromatic heterocycles. The summed E-state index contributed by atoms with van der Waals surface area (Å²) in [6.45, 7) is 3.76. The average Bonchev–Trinajstić information content (AvgIpc) is 2.42. The number of nitrogens with one attached hydrogen (secondary N) is 1. The fraction of sp³-hybridized carbons (Fsp3) is 0.333. The molecular formula is C15H17F2N3. The molecule has 0 aliphatic rings. The van der Waals surface area contributed by atoms with Crippen LogP contribution >= 0.6 is 0 Å². The van der Waals surface area contributed by atoms with Crippen LogP contribution in [0.4, 0.5) is 14.6 Å². The van der Waals surface area contributed by atoms with Crippen molar-refractivity contribution in [2.75, 3.05) is 12.4 Å². The standard InChI is InChI=1S/C15H17F2N3/c1-4-6-12-19-14(9(2)15(18-3)20-12)13-10(16)7-5-8-11(13)17/h5,7-8H,4,6H2,1-3H3,(H,18,19,20). The highest BCUT2D eigenvalue weighted by Gasteiger charge is 2.18. The Kier molecular flexibility index (Phi) is 4.27. The first-order valence-electron chi connectivity index (χ1n) is 6.58. The summed E-state index contributed by atoms with van der Waals surface area (Å²) >= 11 is 0. The lowest BCUT2D eigenvalue weighted by Gasteiger charge is -2.13. The molecule has 0 aliphatic heterocycles. The van der Waals surface area contributed by atoms with Gasteiger partial charge in [-0.15, -0.1) is 0 Å². The predicted molar refractivity (Wildman–Crippen MR) is 75.7 cm³/mol. The Morgan fingerprint density at radius 3 is 2.35 bits per heavy atom. The van der Waals surface area contributed by atoms with Crippen molar-refractivity contribution in [3.8, 4) is 11.3 Å². The molecule has 1 aromatic carbocycles. The maximum Gasteiger partial charge on any atom is 0.135 e. The first kappa shape index (κ1) is 14.4. The Morgan fingerprint density at radius 1 is 1.15 bits per heavy atom. The Labute approximate surface area is 117 Å². The van der Waals surface area contributed by atoms with Gasteiger partial charge in [0.25, 0.3) is 0 Å². The second-order valence-corrected chi connectivity index (χ2v) is 4.56. The van der Waals surface area contributed by atoms with E-state index in [2.05, 4.69) is 15.3 Å². The fourth-order valence-corrected chi connectivity index (χ4v) is 2.11. The normalized spacial score (nSPS) is 10.7. The van der Waals surface area contributed by atoms with Crippen LogP contribution in [-0.4, -0.2) is 17.0 Å². The molecule has 0 radical (unpaired) electrons. The average molecular weight is 277 g/mol. The van der Waals surface area contributed by atoms with Gasteiger partial charge in [0.15, 0.2) is 0 Å². The number of hydrogen-bond acceptors (Lipinski definition) is 3. The minimum Gasteiger partial charge on any atom is -0.373 e. The summed E-state index contributed by atoms with van der Waals surface area (Å²) in [5.74, 6) is -0.0474. The van der Waals surface area contributed by atoms with E-state index in [4.69, 9.17) is 0 Å². The maximum atomic E-state index is 13.9. The molecule has 1 N–H and O–H groups in total. The van der Waals surface area contributed by atoms with Crippen LogP contribution in [0, 0.1) is 18.6 Å². The van der Waals surface area contributed by atoms with Crippen LogP contribution in [0.2, 0.25) is 0 Å². The molecule has 0 saturated carbocycles. The van der Waals surface area contributed by atoms with Crippen LogP contribution in [0.5, 0.6) is 0 Å². The molecule has 1 heterocycles. The van der Waals surface area contributed by atoms with E-state index in [1.54, 1.807) is 14.0 Å². The first-order chi connectivity index (χ1) is 9.58. The highest BCUT2D eigenvalue weighted by molar-refractivity contribution is 5.69. The maximum absolute atomic E-state index is 13.9. The van der Waals surface area contributed by atoms with Crippen molar-refractivity contribution in [1.82, 2.24) is 9.97 Å². The van der Waals surface area contributed by atoms with Crippen molar-refractivity contribution in [3.63, 3.8) is 0 Å². The Bertz CT molecular complexity index is 607. The van der Waals surface area contributed by atoms with Gasteiger partial charge in [-0.1, -0.05) is 13.0 Å². The fourth-order valence-electron chi connectivity index (χ4n) is 2.11. The van der Waals surface area contributed by atoms with Gasteiger partial charge in [-0.2, -0.15) is 0 Å². The number of rotatable bonds is 4. The highest BCUT2D eigenvalue weighted by atomic mass is 19.1. The second-order valence-electron chi connectivity index (χ2n) is 4.56. The van der Waals surface area contributed by atoms with Gasteiger partial charge in [0.1, 0.15) is 23.3 Å². The Morgan fingerprint density at radius 2 is 1.80 bits per heavy atom. The molecule has 20 heavy (non-hydrogen) atoms. The lowest BCUT2D eigenvalue weighted by atomic mass is 10.1. The molecule has 0 bridgehead atoms. The van der Waals surface area contributed by atoms with E-state index in [-0.39, 0.29) is 5.56 Å². The molecule has 0 saturated heterocycles. The van der Waals surface area contributed by atoms with E-state index in [9.17, 15) is 8.78 Å². The summed E-state index contributed by atoms with van der Waals surface area (Å²) < 4.78 is 27.9. The summed E-state index contributed by atoms with van der Waals surface area (Å²) in [5, 5.41) is 2.95. The van der Waals surface area contributed by atoms with Gasteiger partial charge in [-0.3, -0.25) is 0 Å². The third-order valence-corrected chi connectivity index (χ3v) is 3.10. The van der Waals surface area contributed by atoms with E-state index in [0.717, 1.165) is 6.42 Å². The predicted octanol–water partition coefficient (Wildman–Crippen LogP) is 3.72. The number of aryl methyl sites for hydroxylation is 1. The Balaban J connectivity index is 2.69. The van der Waals surface area contributed by atoms with E-state index in [0.29, 0.717) is 29.3 Å². The SMILES string of the molecule is CCCc1nc(NC)c(C)c(-c2c(F)cccc2F)n1. The number of benzene rings is 1.